The Morgan fingerprint density at radius 3 is 2.76 bits per heavy atom. The monoisotopic (exact) mass is 373 g/mol. The molecule has 21 heavy (non-hydrogen) atoms. The fraction of sp³-hybridized carbons (Fsp3) is 0. The number of rotatable bonds is 3. The summed E-state index contributed by atoms with van der Waals surface area (Å²) in [5, 5.41) is 13.0. The van der Waals surface area contributed by atoms with Crippen LogP contribution < -0.4 is 5.32 Å². The van der Waals surface area contributed by atoms with Crippen LogP contribution in [-0.4, -0.2) is 15.8 Å². The number of carbonyl (C=O) groups is 1. The van der Waals surface area contributed by atoms with Crippen molar-refractivity contribution >= 4 is 44.8 Å². The quantitative estimate of drug-likeness (QED) is 0.503. The first kappa shape index (κ1) is 15.3. The van der Waals surface area contributed by atoms with Crippen molar-refractivity contribution in [3.63, 3.8) is 0 Å². The van der Waals surface area contributed by atoms with E-state index in [1.807, 2.05) is 0 Å². The van der Waals surface area contributed by atoms with Crippen molar-refractivity contribution in [2.24, 2.45) is 0 Å². The number of benzene rings is 1. The zero-order valence-electron chi connectivity index (χ0n) is 10.1. The Morgan fingerprint density at radius 1 is 1.43 bits per heavy atom. The summed E-state index contributed by atoms with van der Waals surface area (Å²) in [6.07, 6.45) is 1.18. The fourth-order valence-electron chi connectivity index (χ4n) is 1.57. The van der Waals surface area contributed by atoms with Crippen molar-refractivity contribution in [3.8, 4) is 0 Å². The van der Waals surface area contributed by atoms with E-state index in [4.69, 9.17) is 11.6 Å². The Hall–Kier alpha value is -2.06. The minimum atomic E-state index is -0.788. The first-order valence-corrected chi connectivity index (χ1v) is 6.62. The van der Waals surface area contributed by atoms with Crippen molar-refractivity contribution in [2.75, 3.05) is 5.32 Å². The molecule has 1 N–H and O–H groups in total. The van der Waals surface area contributed by atoms with Gasteiger partial charge in [-0.15, -0.1) is 0 Å². The minimum Gasteiger partial charge on any atom is -0.321 e. The molecule has 108 valence electrons. The molecular weight excluding hydrogens is 369 g/mol. The van der Waals surface area contributed by atoms with Crippen molar-refractivity contribution in [3.05, 3.63) is 61.6 Å². The average Bonchev–Trinajstić information content (AvgIpc) is 2.41. The van der Waals surface area contributed by atoms with Crippen LogP contribution in [0.1, 0.15) is 10.4 Å². The number of nitrogens with one attached hydrogen (secondary N) is 1. The lowest BCUT2D eigenvalue weighted by atomic mass is 10.2. The first-order valence-electron chi connectivity index (χ1n) is 5.45. The Balaban J connectivity index is 2.37. The summed E-state index contributed by atoms with van der Waals surface area (Å²) in [7, 11) is 0. The third-order valence-electron chi connectivity index (χ3n) is 2.49. The van der Waals surface area contributed by atoms with E-state index in [1.165, 1.54) is 18.3 Å². The predicted octanol–water partition coefficient (Wildman–Crippen LogP) is 3.80. The standard InChI is InChI=1S/C12H6BrClFN3O3/c13-8-5-6(15)1-2-9(8)17-12(19)7-3-4-16-11(14)10(7)18(20)21/h1-5H,(H,17,19). The van der Waals surface area contributed by atoms with Gasteiger partial charge < -0.3 is 5.32 Å². The molecule has 1 heterocycles. The Bertz CT molecular complexity index is 742. The van der Waals surface area contributed by atoms with Gasteiger partial charge in [0.15, 0.2) is 0 Å². The highest BCUT2D eigenvalue weighted by molar-refractivity contribution is 9.10. The average molecular weight is 375 g/mol. The molecule has 0 fully saturated rings. The molecule has 0 bridgehead atoms. The summed E-state index contributed by atoms with van der Waals surface area (Å²) < 4.78 is 13.3. The maximum atomic E-state index is 13.0. The van der Waals surface area contributed by atoms with Crippen LogP contribution in [0, 0.1) is 15.9 Å². The SMILES string of the molecule is O=C(Nc1ccc(F)cc1Br)c1ccnc(Cl)c1[N+](=O)[O-]. The number of amides is 1. The van der Waals surface area contributed by atoms with Crippen LogP contribution in [0.4, 0.5) is 15.8 Å². The van der Waals surface area contributed by atoms with E-state index < -0.39 is 22.3 Å². The number of nitro groups is 1. The second-order valence-electron chi connectivity index (χ2n) is 3.83. The molecule has 2 aromatic rings. The molecule has 0 saturated heterocycles. The Kier molecular flexibility index (Phi) is 4.49. The molecule has 0 aliphatic rings. The summed E-state index contributed by atoms with van der Waals surface area (Å²) in [4.78, 5) is 25.8. The molecule has 1 aromatic carbocycles. The third kappa shape index (κ3) is 3.34. The van der Waals surface area contributed by atoms with Gasteiger partial charge in [-0.1, -0.05) is 11.6 Å². The Labute approximate surface area is 131 Å². The van der Waals surface area contributed by atoms with Crippen molar-refractivity contribution in [1.82, 2.24) is 4.98 Å². The minimum absolute atomic E-state index is 0.240. The number of carbonyl (C=O) groups excluding carboxylic acids is 1. The van der Waals surface area contributed by atoms with E-state index >= 15 is 0 Å². The molecule has 0 aliphatic heterocycles. The van der Waals surface area contributed by atoms with E-state index in [0.29, 0.717) is 4.47 Å². The lowest BCUT2D eigenvalue weighted by molar-refractivity contribution is -0.385. The van der Waals surface area contributed by atoms with Crippen LogP contribution in [0.15, 0.2) is 34.9 Å². The van der Waals surface area contributed by atoms with E-state index in [2.05, 4.69) is 26.2 Å². The predicted molar refractivity (Wildman–Crippen MR) is 78.0 cm³/mol. The van der Waals surface area contributed by atoms with Gasteiger partial charge >= 0.3 is 5.69 Å². The van der Waals surface area contributed by atoms with Gasteiger partial charge in [0.1, 0.15) is 11.4 Å². The van der Waals surface area contributed by atoms with Crippen molar-refractivity contribution < 1.29 is 14.1 Å². The first-order chi connectivity index (χ1) is 9.90. The van der Waals surface area contributed by atoms with Crippen molar-refractivity contribution in [1.29, 1.82) is 0 Å². The van der Waals surface area contributed by atoms with Gasteiger partial charge in [0.05, 0.1) is 10.6 Å². The molecule has 1 aromatic heterocycles. The summed E-state index contributed by atoms with van der Waals surface area (Å²) in [6, 6.07) is 4.81. The normalized spacial score (nSPS) is 10.2. The molecule has 0 radical (unpaired) electrons. The number of hydrogen-bond donors (Lipinski definition) is 1. The molecule has 0 spiro atoms. The van der Waals surface area contributed by atoms with E-state index in [9.17, 15) is 19.3 Å². The molecule has 0 atom stereocenters. The van der Waals surface area contributed by atoms with Crippen LogP contribution in [0.2, 0.25) is 5.15 Å². The molecular formula is C12H6BrClFN3O3. The maximum Gasteiger partial charge on any atom is 0.319 e. The lowest BCUT2D eigenvalue weighted by Crippen LogP contribution is -2.15. The second kappa shape index (κ2) is 6.15. The van der Waals surface area contributed by atoms with E-state index in [1.54, 1.807) is 0 Å². The Morgan fingerprint density at radius 2 is 2.14 bits per heavy atom. The highest BCUT2D eigenvalue weighted by Crippen LogP contribution is 2.28. The largest absolute Gasteiger partial charge is 0.321 e. The summed E-state index contributed by atoms with van der Waals surface area (Å²) in [6.45, 7) is 0. The van der Waals surface area contributed by atoms with Crippen molar-refractivity contribution in [2.45, 2.75) is 0 Å². The summed E-state index contributed by atoms with van der Waals surface area (Å²) in [5.41, 5.74) is -0.560. The summed E-state index contributed by atoms with van der Waals surface area (Å²) >= 11 is 8.71. The van der Waals surface area contributed by atoms with Gasteiger partial charge in [-0.25, -0.2) is 9.37 Å². The third-order valence-corrected chi connectivity index (χ3v) is 3.42. The molecule has 2 rings (SSSR count). The van der Waals surface area contributed by atoms with E-state index in [0.717, 1.165) is 12.1 Å². The maximum absolute atomic E-state index is 13.0. The van der Waals surface area contributed by atoms with Gasteiger partial charge in [-0.05, 0) is 40.2 Å². The number of nitrogens with zero attached hydrogens (tertiary/aromatic N) is 2. The summed E-state index contributed by atoms with van der Waals surface area (Å²) in [5.74, 6) is -1.24. The van der Waals surface area contributed by atoms with Crippen LogP contribution in [-0.2, 0) is 0 Å². The molecule has 0 unspecified atom stereocenters. The zero-order chi connectivity index (χ0) is 15.6. The number of pyridine rings is 1. The number of halogens is 3. The molecule has 0 saturated carbocycles. The second-order valence-corrected chi connectivity index (χ2v) is 5.05. The van der Waals surface area contributed by atoms with Gasteiger partial charge in [-0.2, -0.15) is 0 Å². The highest BCUT2D eigenvalue weighted by atomic mass is 79.9. The number of aromatic nitrogens is 1. The van der Waals surface area contributed by atoms with Crippen LogP contribution in [0.3, 0.4) is 0 Å². The van der Waals surface area contributed by atoms with Gasteiger partial charge in [-0.3, -0.25) is 14.9 Å². The molecule has 1 amide bonds. The lowest BCUT2D eigenvalue weighted by Gasteiger charge is -2.08. The molecule has 6 nitrogen and oxygen atoms in total. The van der Waals surface area contributed by atoms with Gasteiger partial charge in [0.25, 0.3) is 5.91 Å². The number of hydrogen-bond acceptors (Lipinski definition) is 4. The van der Waals surface area contributed by atoms with Crippen LogP contribution in [0.25, 0.3) is 0 Å². The molecule has 9 heteroatoms. The van der Waals surface area contributed by atoms with Crippen LogP contribution in [0.5, 0.6) is 0 Å². The highest BCUT2D eigenvalue weighted by Gasteiger charge is 2.25. The zero-order valence-corrected chi connectivity index (χ0v) is 12.5. The fourth-order valence-corrected chi connectivity index (χ4v) is 2.24. The molecule has 0 aliphatic carbocycles. The van der Waals surface area contributed by atoms with Gasteiger partial charge in [0, 0.05) is 10.7 Å². The topological polar surface area (TPSA) is 85.1 Å². The van der Waals surface area contributed by atoms with E-state index in [-0.39, 0.29) is 16.4 Å². The smallest absolute Gasteiger partial charge is 0.319 e. The number of anilines is 1. The van der Waals surface area contributed by atoms with Crippen LogP contribution >= 0.6 is 27.5 Å². The van der Waals surface area contributed by atoms with Gasteiger partial charge in [0.2, 0.25) is 5.15 Å².